The second-order valence-corrected chi connectivity index (χ2v) is 9.90. The summed E-state index contributed by atoms with van der Waals surface area (Å²) >= 11 is 6.03. The van der Waals surface area contributed by atoms with Gasteiger partial charge in [0.1, 0.15) is 0 Å². The molecule has 3 aromatic rings. The first-order chi connectivity index (χ1) is 15.9. The van der Waals surface area contributed by atoms with Gasteiger partial charge in [0, 0.05) is 24.2 Å². The van der Waals surface area contributed by atoms with Crippen LogP contribution in [0.15, 0.2) is 76.5 Å². The Balaban J connectivity index is 1.82. The van der Waals surface area contributed by atoms with Crippen LogP contribution in [0, 0.1) is 0 Å². The number of anilines is 1. The quantitative estimate of drug-likeness (QED) is 0.465. The van der Waals surface area contributed by atoms with Crippen molar-refractivity contribution in [3.05, 3.63) is 88.4 Å². The molecular weight excluding hydrogens is 456 g/mol. The summed E-state index contributed by atoms with van der Waals surface area (Å²) in [5.74, 6) is -0.380. The monoisotopic (exact) mass is 480 g/mol. The number of carbonyl (C=O) groups is 2. The summed E-state index contributed by atoms with van der Waals surface area (Å²) in [7, 11) is 0.216. The zero-order chi connectivity index (χ0) is 23.5. The van der Waals surface area contributed by atoms with Gasteiger partial charge in [0.15, 0.2) is 0 Å². The van der Waals surface area contributed by atoms with Crippen molar-refractivity contribution in [2.75, 3.05) is 18.5 Å². The van der Waals surface area contributed by atoms with Crippen molar-refractivity contribution in [1.82, 2.24) is 4.90 Å². The molecule has 0 aliphatic carbocycles. The summed E-state index contributed by atoms with van der Waals surface area (Å²) < 4.78 is 13.5. The van der Waals surface area contributed by atoms with Crippen LogP contribution in [0.1, 0.15) is 46.0 Å². The van der Waals surface area contributed by atoms with Crippen LogP contribution in [0.25, 0.3) is 0 Å². The second kappa shape index (κ2) is 9.89. The molecule has 0 N–H and O–H groups in total. The lowest BCUT2D eigenvalue weighted by molar-refractivity contribution is 0.0792. The number of nitrogens with zero attached hydrogens (tertiary/aromatic N) is 2. The fourth-order valence-corrected chi connectivity index (χ4v) is 5.31. The first-order valence-electron chi connectivity index (χ1n) is 10.9. The van der Waals surface area contributed by atoms with Crippen molar-refractivity contribution in [3.8, 4) is 0 Å². The van der Waals surface area contributed by atoms with Gasteiger partial charge in [-0.1, -0.05) is 49.2 Å². The van der Waals surface area contributed by atoms with Gasteiger partial charge in [-0.25, -0.2) is 4.21 Å². The van der Waals surface area contributed by atoms with Crippen molar-refractivity contribution in [1.29, 1.82) is 0 Å². The highest BCUT2D eigenvalue weighted by Gasteiger charge is 2.31. The van der Waals surface area contributed by atoms with Crippen molar-refractivity contribution < 1.29 is 13.8 Å². The molecule has 1 atom stereocenters. The van der Waals surface area contributed by atoms with Gasteiger partial charge in [-0.15, -0.1) is 0 Å². The van der Waals surface area contributed by atoms with E-state index in [2.05, 4.69) is 6.92 Å². The Morgan fingerprint density at radius 3 is 2.48 bits per heavy atom. The van der Waals surface area contributed by atoms with Gasteiger partial charge in [0.2, 0.25) is 0 Å². The highest BCUT2D eigenvalue weighted by molar-refractivity contribution is 7.85. The molecule has 33 heavy (non-hydrogen) atoms. The Kier molecular flexibility index (Phi) is 6.96. The summed E-state index contributed by atoms with van der Waals surface area (Å²) in [5, 5.41) is 0.607. The highest BCUT2D eigenvalue weighted by Crippen LogP contribution is 2.36. The zero-order valence-electron chi connectivity index (χ0n) is 18.6. The van der Waals surface area contributed by atoms with Crippen LogP contribution in [0.5, 0.6) is 0 Å². The molecule has 1 aliphatic heterocycles. The normalized spacial score (nSPS) is 14.9. The average Bonchev–Trinajstić information content (AvgIpc) is 2.92. The molecule has 170 valence electrons. The smallest absolute Gasteiger partial charge is 0.259 e. The van der Waals surface area contributed by atoms with Crippen LogP contribution in [0.2, 0.25) is 5.02 Å². The molecule has 1 aliphatic rings. The van der Waals surface area contributed by atoms with Gasteiger partial charge in [-0.05, 0) is 54.4 Å². The van der Waals surface area contributed by atoms with E-state index in [1.807, 2.05) is 12.1 Å². The third kappa shape index (κ3) is 4.72. The SMILES string of the molecule is CCCCN(C)C(=O)c1ccc2c(c1)N(Cc1ccc(Cl)cc1)C(=O)c1ccccc1S2=O. The maximum Gasteiger partial charge on any atom is 0.259 e. The Bertz CT molecular complexity index is 1230. The van der Waals surface area contributed by atoms with Gasteiger partial charge >= 0.3 is 0 Å². The third-order valence-electron chi connectivity index (χ3n) is 5.71. The van der Waals surface area contributed by atoms with E-state index >= 15 is 0 Å². The lowest BCUT2D eigenvalue weighted by Crippen LogP contribution is -2.31. The van der Waals surface area contributed by atoms with Crippen molar-refractivity contribution >= 4 is 39.9 Å². The minimum absolute atomic E-state index is 0.127. The fourth-order valence-electron chi connectivity index (χ4n) is 3.84. The van der Waals surface area contributed by atoms with Crippen molar-refractivity contribution in [2.24, 2.45) is 0 Å². The Morgan fingerprint density at radius 2 is 1.76 bits per heavy atom. The predicted octanol–water partition coefficient (Wildman–Crippen LogP) is 5.54. The molecule has 5 nitrogen and oxygen atoms in total. The molecule has 0 aromatic heterocycles. The molecule has 7 heteroatoms. The van der Waals surface area contributed by atoms with E-state index in [4.69, 9.17) is 11.6 Å². The summed E-state index contributed by atoms with van der Waals surface area (Å²) in [6.45, 7) is 2.99. The van der Waals surface area contributed by atoms with Gasteiger partial charge in [0.25, 0.3) is 11.8 Å². The van der Waals surface area contributed by atoms with Gasteiger partial charge in [-0.2, -0.15) is 0 Å². The van der Waals surface area contributed by atoms with Crippen LogP contribution in [-0.2, 0) is 17.3 Å². The molecule has 0 bridgehead atoms. The number of amides is 2. The number of unbranched alkanes of at least 4 members (excludes halogenated alkanes) is 1. The Hall–Kier alpha value is -2.96. The average molecular weight is 481 g/mol. The van der Waals surface area contributed by atoms with Crippen LogP contribution in [0.3, 0.4) is 0 Å². The van der Waals surface area contributed by atoms with Crippen LogP contribution < -0.4 is 4.90 Å². The number of hydrogen-bond acceptors (Lipinski definition) is 3. The number of carbonyl (C=O) groups excluding carboxylic acids is 2. The highest BCUT2D eigenvalue weighted by atomic mass is 35.5. The predicted molar refractivity (Wildman–Crippen MR) is 131 cm³/mol. The number of hydrogen-bond donors (Lipinski definition) is 0. The minimum Gasteiger partial charge on any atom is -0.342 e. The molecule has 1 heterocycles. The molecule has 0 saturated heterocycles. The van der Waals surface area contributed by atoms with Crippen LogP contribution >= 0.6 is 11.6 Å². The standard InChI is InChI=1S/C26H25ClN2O3S/c1-3-4-15-28(2)25(30)19-11-14-24-22(16-19)29(17-18-9-12-20(27)13-10-18)26(31)21-7-5-6-8-23(21)33(24)32/h5-14,16H,3-4,15,17H2,1-2H3. The number of halogens is 1. The Labute approximate surface area is 201 Å². The largest absolute Gasteiger partial charge is 0.342 e. The first-order valence-corrected chi connectivity index (χ1v) is 12.4. The maximum atomic E-state index is 13.6. The van der Waals surface area contributed by atoms with Gasteiger partial charge < -0.3 is 9.80 Å². The minimum atomic E-state index is -1.56. The van der Waals surface area contributed by atoms with Gasteiger partial charge in [0.05, 0.1) is 38.4 Å². The summed E-state index contributed by atoms with van der Waals surface area (Å²) in [4.78, 5) is 30.9. The van der Waals surface area contributed by atoms with Crippen molar-refractivity contribution in [3.63, 3.8) is 0 Å². The van der Waals surface area contributed by atoms with E-state index in [9.17, 15) is 13.8 Å². The van der Waals surface area contributed by atoms with E-state index in [1.165, 1.54) is 0 Å². The van der Waals surface area contributed by atoms with E-state index < -0.39 is 10.8 Å². The number of fused-ring (bicyclic) bond motifs is 2. The van der Waals surface area contributed by atoms with Crippen molar-refractivity contribution in [2.45, 2.75) is 36.1 Å². The summed E-state index contributed by atoms with van der Waals surface area (Å²) in [5.41, 5.74) is 2.22. The molecule has 1 unspecified atom stereocenters. The topological polar surface area (TPSA) is 57.7 Å². The van der Waals surface area contributed by atoms with Gasteiger partial charge in [-0.3, -0.25) is 9.59 Å². The number of benzene rings is 3. The van der Waals surface area contributed by atoms with Crippen LogP contribution in [0.4, 0.5) is 5.69 Å². The van der Waals surface area contributed by atoms with Crippen LogP contribution in [-0.4, -0.2) is 34.5 Å². The lowest BCUT2D eigenvalue weighted by Gasteiger charge is -2.24. The molecular formula is C26H25ClN2O3S. The summed E-state index contributed by atoms with van der Waals surface area (Å²) in [6.07, 6.45) is 1.90. The fraction of sp³-hybridized carbons (Fsp3) is 0.231. The summed E-state index contributed by atoms with van der Waals surface area (Å²) in [6, 6.07) is 19.3. The molecule has 3 aromatic carbocycles. The molecule has 4 rings (SSSR count). The molecule has 0 fully saturated rings. The van der Waals surface area contributed by atoms with E-state index in [0.717, 1.165) is 18.4 Å². The van der Waals surface area contributed by atoms with E-state index in [1.54, 1.807) is 71.4 Å². The zero-order valence-corrected chi connectivity index (χ0v) is 20.2. The molecule has 0 spiro atoms. The lowest BCUT2D eigenvalue weighted by atomic mass is 10.1. The second-order valence-electron chi connectivity index (χ2n) is 8.05. The Morgan fingerprint density at radius 1 is 1.03 bits per heavy atom. The van der Waals surface area contributed by atoms with E-state index in [0.29, 0.717) is 38.2 Å². The molecule has 0 radical (unpaired) electrons. The van der Waals surface area contributed by atoms with E-state index in [-0.39, 0.29) is 18.4 Å². The third-order valence-corrected chi connectivity index (χ3v) is 7.46. The number of rotatable bonds is 6. The first kappa shape index (κ1) is 23.2. The molecule has 0 saturated carbocycles. The molecule has 2 amide bonds. The maximum absolute atomic E-state index is 13.6.